The summed E-state index contributed by atoms with van der Waals surface area (Å²) in [7, 11) is 0. The van der Waals surface area contributed by atoms with Crippen LogP contribution in [0.3, 0.4) is 0 Å². The van der Waals surface area contributed by atoms with Crippen molar-refractivity contribution in [2.75, 3.05) is 18.1 Å². The molecule has 2 heterocycles. The van der Waals surface area contributed by atoms with Crippen molar-refractivity contribution < 1.29 is 19.1 Å². The molecule has 8 nitrogen and oxygen atoms in total. The van der Waals surface area contributed by atoms with E-state index < -0.39 is 24.4 Å². The molecule has 0 aliphatic heterocycles. The number of rotatable bonds is 8. The van der Waals surface area contributed by atoms with Gasteiger partial charge < -0.3 is 15.4 Å². The molecule has 0 saturated heterocycles. The number of hydrogen-bond acceptors (Lipinski definition) is 6. The predicted octanol–water partition coefficient (Wildman–Crippen LogP) is 4.11. The van der Waals surface area contributed by atoms with Crippen LogP contribution in [-0.4, -0.2) is 40.7 Å². The molecular weight excluding hydrogens is 476 g/mol. The Kier molecular flexibility index (Phi) is 6.95. The van der Waals surface area contributed by atoms with Gasteiger partial charge in [-0.2, -0.15) is 5.10 Å². The van der Waals surface area contributed by atoms with Crippen molar-refractivity contribution >= 4 is 56.6 Å². The van der Waals surface area contributed by atoms with Crippen molar-refractivity contribution in [2.45, 2.75) is 13.3 Å². The number of nitrogens with two attached hydrogens (primary N) is 1. The van der Waals surface area contributed by atoms with Gasteiger partial charge >= 0.3 is 5.97 Å². The van der Waals surface area contributed by atoms with Crippen molar-refractivity contribution in [3.8, 4) is 5.69 Å². The van der Waals surface area contributed by atoms with Crippen LogP contribution in [0.15, 0.2) is 60.7 Å². The van der Waals surface area contributed by atoms with Crippen LogP contribution in [0.1, 0.15) is 21.8 Å². The molecule has 34 heavy (non-hydrogen) atoms. The van der Waals surface area contributed by atoms with Gasteiger partial charge in [-0.1, -0.05) is 35.9 Å². The van der Waals surface area contributed by atoms with Crippen LogP contribution in [0.4, 0.5) is 5.69 Å². The van der Waals surface area contributed by atoms with E-state index >= 15 is 0 Å². The quantitative estimate of drug-likeness (QED) is 0.369. The number of benzene rings is 2. The Morgan fingerprint density at radius 2 is 1.88 bits per heavy atom. The highest BCUT2D eigenvalue weighted by Gasteiger charge is 2.22. The molecule has 174 valence electrons. The maximum absolute atomic E-state index is 12.8. The average molecular weight is 497 g/mol. The van der Waals surface area contributed by atoms with E-state index in [1.807, 2.05) is 25.1 Å². The van der Waals surface area contributed by atoms with Crippen molar-refractivity contribution in [1.82, 2.24) is 9.78 Å². The first-order valence-corrected chi connectivity index (χ1v) is 11.6. The molecule has 2 N–H and O–H groups in total. The molecule has 0 spiro atoms. The van der Waals surface area contributed by atoms with Gasteiger partial charge in [0.2, 0.25) is 5.91 Å². The van der Waals surface area contributed by atoms with E-state index in [-0.39, 0.29) is 13.0 Å². The molecule has 0 fully saturated rings. The number of amides is 2. The number of ether oxygens (including phenoxy) is 1. The molecule has 0 aliphatic rings. The number of carbonyl (C=O) groups excluding carboxylic acids is 3. The molecule has 0 aliphatic carbocycles. The summed E-state index contributed by atoms with van der Waals surface area (Å²) < 4.78 is 7.04. The van der Waals surface area contributed by atoms with Crippen LogP contribution in [0, 0.1) is 6.92 Å². The highest BCUT2D eigenvalue weighted by molar-refractivity contribution is 7.20. The molecule has 0 atom stereocenters. The summed E-state index contributed by atoms with van der Waals surface area (Å²) in [6.45, 7) is 1.47. The Hall–Kier alpha value is -3.69. The van der Waals surface area contributed by atoms with Crippen molar-refractivity contribution in [2.24, 2.45) is 5.73 Å². The summed E-state index contributed by atoms with van der Waals surface area (Å²) in [6, 6.07) is 17.8. The van der Waals surface area contributed by atoms with Gasteiger partial charge in [0.1, 0.15) is 9.71 Å². The van der Waals surface area contributed by atoms with Crippen molar-refractivity contribution in [3.63, 3.8) is 0 Å². The van der Waals surface area contributed by atoms with E-state index in [9.17, 15) is 14.4 Å². The molecule has 0 unspecified atom stereocenters. The molecule has 4 rings (SSSR count). The summed E-state index contributed by atoms with van der Waals surface area (Å²) >= 11 is 7.34. The number of hydrogen-bond donors (Lipinski definition) is 1. The fourth-order valence-electron chi connectivity index (χ4n) is 3.43. The van der Waals surface area contributed by atoms with Crippen LogP contribution in [-0.2, 0) is 14.3 Å². The van der Waals surface area contributed by atoms with Gasteiger partial charge in [0.15, 0.2) is 6.61 Å². The number of esters is 1. The first-order chi connectivity index (χ1) is 16.3. The molecule has 0 saturated carbocycles. The van der Waals surface area contributed by atoms with Gasteiger partial charge in [-0.15, -0.1) is 11.3 Å². The minimum Gasteiger partial charge on any atom is -0.451 e. The van der Waals surface area contributed by atoms with Crippen LogP contribution in [0.5, 0.6) is 0 Å². The van der Waals surface area contributed by atoms with Crippen molar-refractivity contribution in [3.05, 3.63) is 76.3 Å². The van der Waals surface area contributed by atoms with E-state index in [4.69, 9.17) is 22.1 Å². The number of fused-ring (bicyclic) bond motifs is 1. The largest absolute Gasteiger partial charge is 0.451 e. The molecule has 0 radical (unpaired) electrons. The zero-order valence-electron chi connectivity index (χ0n) is 18.2. The van der Waals surface area contributed by atoms with Gasteiger partial charge in [-0.05, 0) is 43.3 Å². The zero-order chi connectivity index (χ0) is 24.2. The van der Waals surface area contributed by atoms with E-state index in [1.54, 1.807) is 47.1 Å². The fraction of sp³-hybridized carbons (Fsp3) is 0.167. The van der Waals surface area contributed by atoms with Crippen molar-refractivity contribution in [1.29, 1.82) is 0 Å². The summed E-state index contributed by atoms with van der Waals surface area (Å²) in [6.07, 6.45) is -0.00975. The fourth-order valence-corrected chi connectivity index (χ4v) is 4.70. The van der Waals surface area contributed by atoms with E-state index in [0.717, 1.165) is 21.6 Å². The Morgan fingerprint density at radius 3 is 2.59 bits per heavy atom. The van der Waals surface area contributed by atoms with E-state index in [0.29, 0.717) is 15.6 Å². The summed E-state index contributed by atoms with van der Waals surface area (Å²) in [4.78, 5) is 39.3. The number of aryl methyl sites for hydroxylation is 1. The smallest absolute Gasteiger partial charge is 0.348 e. The van der Waals surface area contributed by atoms with Gasteiger partial charge in [0.05, 0.1) is 11.4 Å². The highest BCUT2D eigenvalue weighted by Crippen LogP contribution is 2.31. The second kappa shape index (κ2) is 10.1. The number of aromatic nitrogens is 2. The normalized spacial score (nSPS) is 10.9. The number of nitrogens with zero attached hydrogens (tertiary/aromatic N) is 3. The molecular formula is C24H21ClN4O4S. The maximum Gasteiger partial charge on any atom is 0.348 e. The number of primary amides is 1. The van der Waals surface area contributed by atoms with Crippen LogP contribution in [0.25, 0.3) is 15.9 Å². The third kappa shape index (κ3) is 5.11. The summed E-state index contributed by atoms with van der Waals surface area (Å²) in [5, 5.41) is 5.94. The Labute approximate surface area is 204 Å². The molecule has 2 aromatic carbocycles. The minimum absolute atomic E-state index is 0.00975. The second-order valence-corrected chi connectivity index (χ2v) is 8.95. The topological polar surface area (TPSA) is 108 Å². The predicted molar refractivity (Wildman–Crippen MR) is 132 cm³/mol. The van der Waals surface area contributed by atoms with Gasteiger partial charge in [-0.3, -0.25) is 9.59 Å². The first-order valence-electron chi connectivity index (χ1n) is 10.4. The van der Waals surface area contributed by atoms with Crippen LogP contribution >= 0.6 is 22.9 Å². The molecule has 10 heteroatoms. The van der Waals surface area contributed by atoms with Crippen LogP contribution in [0.2, 0.25) is 5.02 Å². The Balaban J connectivity index is 1.51. The van der Waals surface area contributed by atoms with Crippen LogP contribution < -0.4 is 10.6 Å². The number of halogens is 1. The van der Waals surface area contributed by atoms with E-state index in [1.165, 1.54) is 16.2 Å². The Morgan fingerprint density at radius 1 is 1.12 bits per heavy atom. The average Bonchev–Trinajstić information content (AvgIpc) is 3.39. The third-order valence-corrected chi connectivity index (χ3v) is 6.40. The SMILES string of the molecule is Cc1nn(-c2cccc(Cl)c2)c2sc(C(=O)OCC(=O)N(CCC(N)=O)c3ccccc3)cc12. The lowest BCUT2D eigenvalue weighted by atomic mass is 10.2. The lowest BCUT2D eigenvalue weighted by Gasteiger charge is -2.22. The monoisotopic (exact) mass is 496 g/mol. The maximum atomic E-state index is 12.8. The summed E-state index contributed by atoms with van der Waals surface area (Å²) in [5.41, 5.74) is 7.36. The number of anilines is 1. The molecule has 4 aromatic rings. The second-order valence-electron chi connectivity index (χ2n) is 7.48. The molecule has 0 bridgehead atoms. The zero-order valence-corrected chi connectivity index (χ0v) is 19.8. The molecule has 2 aromatic heterocycles. The number of carbonyl (C=O) groups is 3. The lowest BCUT2D eigenvalue weighted by molar-refractivity contribution is -0.121. The minimum atomic E-state index is -0.616. The van der Waals surface area contributed by atoms with Gasteiger partial charge in [0, 0.05) is 29.1 Å². The number of para-hydroxylation sites is 1. The third-order valence-electron chi connectivity index (χ3n) is 5.08. The standard InChI is InChI=1S/C24H21ClN4O4S/c1-15-19-13-20(34-23(19)29(27-15)18-9-5-6-16(25)12-18)24(32)33-14-22(31)28(11-10-21(26)30)17-7-3-2-4-8-17/h2-9,12-13H,10-11,14H2,1H3,(H2,26,30). The van der Waals surface area contributed by atoms with E-state index in [2.05, 4.69) is 5.10 Å². The number of thiophene rings is 1. The van der Waals surface area contributed by atoms with Gasteiger partial charge in [-0.25, -0.2) is 9.48 Å². The Bertz CT molecular complexity index is 1370. The first kappa shape index (κ1) is 23.5. The lowest BCUT2D eigenvalue weighted by Crippen LogP contribution is -2.37. The van der Waals surface area contributed by atoms with Gasteiger partial charge in [0.25, 0.3) is 5.91 Å². The summed E-state index contributed by atoms with van der Waals surface area (Å²) in [5.74, 6) is -1.60. The molecule has 2 amide bonds. The highest BCUT2D eigenvalue weighted by atomic mass is 35.5.